The number of pyridine rings is 1. The third kappa shape index (κ3) is 4.91. The number of anilines is 1. The van der Waals surface area contributed by atoms with Crippen LogP contribution in [-0.2, 0) is 9.57 Å². The Hall–Kier alpha value is -4.08. The predicted molar refractivity (Wildman–Crippen MR) is 147 cm³/mol. The SMILES string of the molecule is CO/N=C/c1cccc(-c2ccc3ncc(-c4cc(F)cc(F)c4)c(N4CCC5NCCO[C@@H]5C4)c3c2)c1O. The fourth-order valence-corrected chi connectivity index (χ4v) is 5.59. The second-order valence-corrected chi connectivity index (χ2v) is 9.78. The number of nitrogens with zero attached hydrogens (tertiary/aromatic N) is 3. The average molecular weight is 531 g/mol. The van der Waals surface area contributed by atoms with Gasteiger partial charge in [-0.3, -0.25) is 4.98 Å². The quantitative estimate of drug-likeness (QED) is 0.276. The fraction of sp³-hybridized carbons (Fsp3) is 0.267. The van der Waals surface area contributed by atoms with Crippen LogP contribution in [0.5, 0.6) is 5.75 Å². The van der Waals surface area contributed by atoms with Gasteiger partial charge in [0.15, 0.2) is 0 Å². The topological polar surface area (TPSA) is 79.2 Å². The molecule has 2 N–H and O–H groups in total. The Balaban J connectivity index is 1.53. The van der Waals surface area contributed by atoms with Crippen LogP contribution in [-0.4, -0.2) is 61.8 Å². The van der Waals surface area contributed by atoms with E-state index in [1.165, 1.54) is 25.5 Å². The number of nitrogens with one attached hydrogen (secondary N) is 1. The first-order valence-corrected chi connectivity index (χ1v) is 12.9. The Labute approximate surface area is 224 Å². The highest BCUT2D eigenvalue weighted by molar-refractivity contribution is 6.02. The van der Waals surface area contributed by atoms with Gasteiger partial charge in [-0.05, 0) is 47.9 Å². The third-order valence-electron chi connectivity index (χ3n) is 7.40. The smallest absolute Gasteiger partial charge is 0.132 e. The van der Waals surface area contributed by atoms with Crippen molar-refractivity contribution in [3.63, 3.8) is 0 Å². The molecule has 2 saturated heterocycles. The van der Waals surface area contributed by atoms with Crippen molar-refractivity contribution in [2.24, 2.45) is 5.16 Å². The molecule has 3 aromatic carbocycles. The summed E-state index contributed by atoms with van der Waals surface area (Å²) in [6, 6.07) is 15.0. The molecule has 2 aliphatic rings. The van der Waals surface area contributed by atoms with Gasteiger partial charge in [-0.15, -0.1) is 0 Å². The molecule has 7 nitrogen and oxygen atoms in total. The van der Waals surface area contributed by atoms with E-state index >= 15 is 0 Å². The van der Waals surface area contributed by atoms with Crippen molar-refractivity contribution in [3.05, 3.63) is 78.0 Å². The number of oxime groups is 1. The number of morpholine rings is 1. The molecule has 1 unspecified atom stereocenters. The summed E-state index contributed by atoms with van der Waals surface area (Å²) < 4.78 is 34.7. The maximum absolute atomic E-state index is 14.3. The number of fused-ring (bicyclic) bond motifs is 2. The maximum Gasteiger partial charge on any atom is 0.132 e. The number of rotatable bonds is 5. The first-order chi connectivity index (χ1) is 19.0. The number of hydrogen-bond donors (Lipinski definition) is 2. The molecule has 2 atom stereocenters. The normalized spacial score (nSPS) is 19.4. The van der Waals surface area contributed by atoms with E-state index in [1.54, 1.807) is 12.3 Å². The van der Waals surface area contributed by atoms with Gasteiger partial charge in [-0.1, -0.05) is 23.4 Å². The highest BCUT2D eigenvalue weighted by atomic mass is 19.1. The van der Waals surface area contributed by atoms with Gasteiger partial charge in [0, 0.05) is 60.0 Å². The third-order valence-corrected chi connectivity index (χ3v) is 7.40. The molecule has 9 heteroatoms. The number of halogens is 2. The van der Waals surface area contributed by atoms with E-state index in [0.29, 0.717) is 35.4 Å². The highest BCUT2D eigenvalue weighted by Crippen LogP contribution is 2.41. The molecule has 4 aromatic rings. The van der Waals surface area contributed by atoms with Crippen LogP contribution in [0.1, 0.15) is 12.0 Å². The lowest BCUT2D eigenvalue weighted by molar-refractivity contribution is -0.00896. The van der Waals surface area contributed by atoms with Gasteiger partial charge in [0.05, 0.1) is 30.1 Å². The molecule has 39 heavy (non-hydrogen) atoms. The summed E-state index contributed by atoms with van der Waals surface area (Å²) >= 11 is 0. The minimum Gasteiger partial charge on any atom is -0.507 e. The first kappa shape index (κ1) is 25.2. The van der Waals surface area contributed by atoms with Crippen LogP contribution in [0.15, 0.2) is 65.9 Å². The van der Waals surface area contributed by atoms with Crippen molar-refractivity contribution in [2.75, 3.05) is 38.3 Å². The number of piperidine rings is 1. The van der Waals surface area contributed by atoms with Crippen LogP contribution in [0.4, 0.5) is 14.5 Å². The second-order valence-electron chi connectivity index (χ2n) is 9.78. The number of phenolic OH excluding ortho intramolecular Hbond substituents is 1. The zero-order valence-corrected chi connectivity index (χ0v) is 21.4. The van der Waals surface area contributed by atoms with E-state index in [4.69, 9.17) is 9.57 Å². The number of aromatic hydroxyl groups is 1. The van der Waals surface area contributed by atoms with Crippen molar-refractivity contribution >= 4 is 22.8 Å². The lowest BCUT2D eigenvalue weighted by atomic mass is 9.94. The summed E-state index contributed by atoms with van der Waals surface area (Å²) in [4.78, 5) is 11.7. The van der Waals surface area contributed by atoms with Gasteiger partial charge in [-0.25, -0.2) is 8.78 Å². The summed E-state index contributed by atoms with van der Waals surface area (Å²) in [5.41, 5.74) is 4.50. The predicted octanol–water partition coefficient (Wildman–Crippen LogP) is 5.10. The molecule has 0 bridgehead atoms. The summed E-state index contributed by atoms with van der Waals surface area (Å²) in [6.07, 6.45) is 3.99. The first-order valence-electron chi connectivity index (χ1n) is 12.9. The maximum atomic E-state index is 14.3. The summed E-state index contributed by atoms with van der Waals surface area (Å²) in [6.45, 7) is 2.83. The van der Waals surface area contributed by atoms with Crippen LogP contribution in [0, 0.1) is 11.6 Å². The van der Waals surface area contributed by atoms with Crippen molar-refractivity contribution < 1.29 is 23.5 Å². The van der Waals surface area contributed by atoms with Crippen LogP contribution < -0.4 is 10.2 Å². The van der Waals surface area contributed by atoms with Crippen molar-refractivity contribution in [1.82, 2.24) is 10.3 Å². The molecule has 0 amide bonds. The van der Waals surface area contributed by atoms with Gasteiger partial charge < -0.3 is 24.9 Å². The average Bonchev–Trinajstić information content (AvgIpc) is 2.95. The number of ether oxygens (including phenoxy) is 1. The minimum absolute atomic E-state index is 0.00297. The molecular formula is C30H28F2N4O3. The van der Waals surface area contributed by atoms with E-state index in [2.05, 4.69) is 20.4 Å². The van der Waals surface area contributed by atoms with Gasteiger partial charge in [0.25, 0.3) is 0 Å². The van der Waals surface area contributed by atoms with Crippen LogP contribution in [0.2, 0.25) is 0 Å². The molecular weight excluding hydrogens is 502 g/mol. The molecule has 0 spiro atoms. The number of phenols is 1. The summed E-state index contributed by atoms with van der Waals surface area (Å²) in [5, 5.41) is 19.1. The molecule has 1 aromatic heterocycles. The zero-order chi connectivity index (χ0) is 26.9. The number of aromatic nitrogens is 1. The zero-order valence-electron chi connectivity index (χ0n) is 21.4. The van der Waals surface area contributed by atoms with Crippen LogP contribution in [0.25, 0.3) is 33.2 Å². The number of para-hydroxylation sites is 1. The second kappa shape index (κ2) is 10.6. The van der Waals surface area contributed by atoms with E-state index in [0.717, 1.165) is 47.7 Å². The van der Waals surface area contributed by atoms with E-state index < -0.39 is 11.6 Å². The Morgan fingerprint density at radius 3 is 2.77 bits per heavy atom. The van der Waals surface area contributed by atoms with Crippen molar-refractivity contribution in [1.29, 1.82) is 0 Å². The van der Waals surface area contributed by atoms with E-state index in [1.807, 2.05) is 30.3 Å². The Kier molecular flexibility index (Phi) is 6.85. The van der Waals surface area contributed by atoms with Crippen LogP contribution >= 0.6 is 0 Å². The minimum atomic E-state index is -0.650. The molecule has 2 aliphatic heterocycles. The van der Waals surface area contributed by atoms with Crippen molar-refractivity contribution in [2.45, 2.75) is 18.6 Å². The molecule has 200 valence electrons. The Morgan fingerprint density at radius 1 is 1.10 bits per heavy atom. The van der Waals surface area contributed by atoms with E-state index in [-0.39, 0.29) is 17.9 Å². The highest BCUT2D eigenvalue weighted by Gasteiger charge is 2.33. The molecule has 2 fully saturated rings. The Morgan fingerprint density at radius 2 is 1.95 bits per heavy atom. The van der Waals surface area contributed by atoms with Crippen molar-refractivity contribution in [3.8, 4) is 28.0 Å². The molecule has 3 heterocycles. The molecule has 0 saturated carbocycles. The van der Waals surface area contributed by atoms with Gasteiger partial charge in [-0.2, -0.15) is 0 Å². The lowest BCUT2D eigenvalue weighted by Gasteiger charge is -2.43. The lowest BCUT2D eigenvalue weighted by Crippen LogP contribution is -2.57. The van der Waals surface area contributed by atoms with Gasteiger partial charge in [0.1, 0.15) is 24.5 Å². The molecule has 0 aliphatic carbocycles. The number of hydrogen-bond acceptors (Lipinski definition) is 7. The van der Waals surface area contributed by atoms with Gasteiger partial charge >= 0.3 is 0 Å². The monoisotopic (exact) mass is 530 g/mol. The van der Waals surface area contributed by atoms with Gasteiger partial charge in [0.2, 0.25) is 0 Å². The van der Waals surface area contributed by atoms with Crippen LogP contribution in [0.3, 0.4) is 0 Å². The fourth-order valence-electron chi connectivity index (χ4n) is 5.59. The summed E-state index contributed by atoms with van der Waals surface area (Å²) in [7, 11) is 1.44. The largest absolute Gasteiger partial charge is 0.507 e. The Bertz CT molecular complexity index is 1540. The molecule has 0 radical (unpaired) electrons. The number of benzene rings is 3. The summed E-state index contributed by atoms with van der Waals surface area (Å²) in [5.74, 6) is -1.23. The standard InChI is InChI=1S/C30H28F2N4O3/c1-38-35-15-19-3-2-4-23(30(19)37)18-5-6-26-24(13-18)29(36-9-7-27-28(17-36)39-10-8-33-27)25(16-34-26)20-11-21(31)14-22(32)12-20/h2-6,11-16,27-28,33,37H,7-10,17H2,1H3/b35-15+/t27?,28-/m1/s1. The van der Waals surface area contributed by atoms with E-state index in [9.17, 15) is 13.9 Å². The molecule has 6 rings (SSSR count).